The molecule has 0 saturated carbocycles. The van der Waals surface area contributed by atoms with Crippen molar-refractivity contribution in [3.63, 3.8) is 0 Å². The second kappa shape index (κ2) is 7.46. The van der Waals surface area contributed by atoms with Crippen molar-refractivity contribution in [3.8, 4) is 0 Å². The minimum atomic E-state index is 0.200. The number of nitrogens with zero attached hydrogens (tertiary/aromatic N) is 4. The van der Waals surface area contributed by atoms with Gasteiger partial charge in [-0.25, -0.2) is 4.68 Å². The van der Waals surface area contributed by atoms with Crippen molar-refractivity contribution in [1.82, 2.24) is 25.5 Å². The Morgan fingerprint density at radius 1 is 1.22 bits per heavy atom. The van der Waals surface area contributed by atoms with Crippen LogP contribution >= 0.6 is 0 Å². The van der Waals surface area contributed by atoms with Crippen LogP contribution in [0.4, 0.5) is 0 Å². The molecule has 0 radical (unpaired) electrons. The largest absolute Gasteiger partial charge is 0.307 e. The molecule has 0 saturated heterocycles. The zero-order valence-corrected chi connectivity index (χ0v) is 12.3. The number of rotatable bonds is 8. The van der Waals surface area contributed by atoms with Crippen molar-refractivity contribution in [2.24, 2.45) is 5.92 Å². The van der Waals surface area contributed by atoms with E-state index in [1.54, 1.807) is 0 Å². The first-order valence-electron chi connectivity index (χ1n) is 7.07. The molecule has 18 heavy (non-hydrogen) atoms. The van der Waals surface area contributed by atoms with E-state index in [9.17, 15) is 0 Å². The third kappa shape index (κ3) is 4.37. The van der Waals surface area contributed by atoms with Gasteiger partial charge in [0, 0.05) is 0 Å². The second-order valence-electron chi connectivity index (χ2n) is 5.50. The number of nitrogens with one attached hydrogen (secondary N) is 1. The molecule has 1 rings (SSSR count). The number of hydrogen-bond acceptors (Lipinski definition) is 4. The maximum absolute atomic E-state index is 4.16. The van der Waals surface area contributed by atoms with Crippen LogP contribution in [-0.2, 0) is 0 Å². The fraction of sp³-hybridized carbons (Fsp3) is 0.923. The lowest BCUT2D eigenvalue weighted by molar-refractivity contribution is 0.391. The van der Waals surface area contributed by atoms with Gasteiger partial charge in [0.15, 0.2) is 5.82 Å². The predicted molar refractivity (Wildman–Crippen MR) is 73.3 cm³/mol. The summed E-state index contributed by atoms with van der Waals surface area (Å²) < 4.78 is 1.97. The molecule has 0 spiro atoms. The molecule has 5 heteroatoms. The fourth-order valence-electron chi connectivity index (χ4n) is 1.93. The first kappa shape index (κ1) is 15.1. The monoisotopic (exact) mass is 253 g/mol. The maximum atomic E-state index is 4.16. The lowest BCUT2D eigenvalue weighted by Crippen LogP contribution is -2.26. The Bertz CT molecular complexity index is 334. The highest BCUT2D eigenvalue weighted by atomic mass is 15.6. The third-order valence-corrected chi connectivity index (χ3v) is 3.13. The van der Waals surface area contributed by atoms with Crippen LogP contribution in [0.5, 0.6) is 0 Å². The van der Waals surface area contributed by atoms with E-state index < -0.39 is 0 Å². The molecule has 0 aliphatic heterocycles. The SMILES string of the molecule is CCCCC(C)n1nnnc1C(C)NCC(C)C. The van der Waals surface area contributed by atoms with Crippen molar-refractivity contribution in [1.29, 1.82) is 0 Å². The predicted octanol–water partition coefficient (Wildman–Crippen LogP) is 2.73. The smallest absolute Gasteiger partial charge is 0.168 e. The van der Waals surface area contributed by atoms with Gasteiger partial charge in [0.2, 0.25) is 0 Å². The topological polar surface area (TPSA) is 55.6 Å². The van der Waals surface area contributed by atoms with Crippen LogP contribution in [0.15, 0.2) is 0 Å². The van der Waals surface area contributed by atoms with Gasteiger partial charge in [-0.3, -0.25) is 0 Å². The summed E-state index contributed by atoms with van der Waals surface area (Å²) in [5.74, 6) is 1.58. The summed E-state index contributed by atoms with van der Waals surface area (Å²) in [6, 6.07) is 0.574. The van der Waals surface area contributed by atoms with E-state index in [0.29, 0.717) is 12.0 Å². The Kier molecular flexibility index (Phi) is 6.25. The van der Waals surface area contributed by atoms with E-state index in [4.69, 9.17) is 0 Å². The Labute approximate surface area is 110 Å². The summed E-state index contributed by atoms with van der Waals surface area (Å²) in [5, 5.41) is 15.6. The van der Waals surface area contributed by atoms with Gasteiger partial charge >= 0.3 is 0 Å². The molecule has 1 aromatic rings. The molecular formula is C13H27N5. The van der Waals surface area contributed by atoms with Gasteiger partial charge in [0.25, 0.3) is 0 Å². The lowest BCUT2D eigenvalue weighted by atomic mass is 10.1. The molecule has 0 aliphatic rings. The molecule has 0 aromatic carbocycles. The van der Waals surface area contributed by atoms with Crippen molar-refractivity contribution >= 4 is 0 Å². The van der Waals surface area contributed by atoms with E-state index in [-0.39, 0.29) is 6.04 Å². The molecule has 0 amide bonds. The van der Waals surface area contributed by atoms with Crippen LogP contribution in [0.25, 0.3) is 0 Å². The van der Waals surface area contributed by atoms with Crippen molar-refractivity contribution in [2.75, 3.05) is 6.54 Å². The van der Waals surface area contributed by atoms with Crippen molar-refractivity contribution in [3.05, 3.63) is 5.82 Å². The molecule has 5 nitrogen and oxygen atoms in total. The summed E-state index contributed by atoms with van der Waals surface area (Å²) in [7, 11) is 0. The third-order valence-electron chi connectivity index (χ3n) is 3.13. The maximum Gasteiger partial charge on any atom is 0.168 e. The number of unbranched alkanes of at least 4 members (excludes halogenated alkanes) is 1. The molecule has 2 atom stereocenters. The second-order valence-corrected chi connectivity index (χ2v) is 5.50. The van der Waals surface area contributed by atoms with Gasteiger partial charge in [0.05, 0.1) is 12.1 Å². The van der Waals surface area contributed by atoms with E-state index >= 15 is 0 Å². The van der Waals surface area contributed by atoms with E-state index in [1.807, 2.05) is 4.68 Å². The molecule has 1 heterocycles. The van der Waals surface area contributed by atoms with E-state index in [0.717, 1.165) is 18.8 Å². The van der Waals surface area contributed by atoms with Crippen LogP contribution in [-0.4, -0.2) is 26.8 Å². The van der Waals surface area contributed by atoms with E-state index in [2.05, 4.69) is 55.5 Å². The van der Waals surface area contributed by atoms with Gasteiger partial charge in [-0.1, -0.05) is 33.6 Å². The van der Waals surface area contributed by atoms with Gasteiger partial charge in [-0.2, -0.15) is 0 Å². The Hall–Kier alpha value is -0.970. The minimum absolute atomic E-state index is 0.200. The lowest BCUT2D eigenvalue weighted by Gasteiger charge is -2.18. The number of hydrogen-bond donors (Lipinski definition) is 1. The Morgan fingerprint density at radius 3 is 2.56 bits per heavy atom. The first-order chi connectivity index (χ1) is 8.56. The summed E-state index contributed by atoms with van der Waals surface area (Å²) >= 11 is 0. The average Bonchev–Trinajstić information content (AvgIpc) is 2.82. The minimum Gasteiger partial charge on any atom is -0.307 e. The van der Waals surface area contributed by atoms with Crippen LogP contribution in [0.3, 0.4) is 0 Å². The van der Waals surface area contributed by atoms with Crippen molar-refractivity contribution < 1.29 is 0 Å². The quantitative estimate of drug-likeness (QED) is 0.774. The fourth-order valence-corrected chi connectivity index (χ4v) is 1.93. The van der Waals surface area contributed by atoms with Gasteiger partial charge in [-0.15, -0.1) is 5.10 Å². The van der Waals surface area contributed by atoms with Gasteiger partial charge in [-0.05, 0) is 43.2 Å². The highest BCUT2D eigenvalue weighted by Crippen LogP contribution is 2.17. The number of tetrazole rings is 1. The zero-order chi connectivity index (χ0) is 13.5. The summed E-state index contributed by atoms with van der Waals surface area (Å²) in [6.45, 7) is 11.9. The molecular weight excluding hydrogens is 226 g/mol. The Balaban J connectivity index is 2.63. The molecule has 104 valence electrons. The van der Waals surface area contributed by atoms with Gasteiger partial charge in [0.1, 0.15) is 0 Å². The highest BCUT2D eigenvalue weighted by Gasteiger charge is 2.17. The van der Waals surface area contributed by atoms with Crippen LogP contribution < -0.4 is 5.32 Å². The van der Waals surface area contributed by atoms with Crippen molar-refractivity contribution in [2.45, 2.75) is 66.0 Å². The zero-order valence-electron chi connectivity index (χ0n) is 12.3. The molecule has 0 fully saturated rings. The molecule has 1 N–H and O–H groups in total. The number of aromatic nitrogens is 4. The average molecular weight is 253 g/mol. The standard InChI is InChI=1S/C13H27N5/c1-6-7-8-11(4)18-13(15-16-17-18)12(5)14-9-10(2)3/h10-12,14H,6-9H2,1-5H3. The molecule has 0 bridgehead atoms. The normalized spacial score (nSPS) is 15.0. The molecule has 2 unspecified atom stereocenters. The van der Waals surface area contributed by atoms with Crippen LogP contribution in [0.1, 0.15) is 71.8 Å². The Morgan fingerprint density at radius 2 is 1.94 bits per heavy atom. The molecule has 0 aliphatic carbocycles. The summed E-state index contributed by atoms with van der Waals surface area (Å²) in [6.07, 6.45) is 3.56. The van der Waals surface area contributed by atoms with Gasteiger partial charge < -0.3 is 5.32 Å². The van der Waals surface area contributed by atoms with Crippen LogP contribution in [0.2, 0.25) is 0 Å². The summed E-state index contributed by atoms with van der Waals surface area (Å²) in [5.41, 5.74) is 0. The van der Waals surface area contributed by atoms with E-state index in [1.165, 1.54) is 12.8 Å². The first-order valence-corrected chi connectivity index (χ1v) is 7.07. The highest BCUT2D eigenvalue weighted by molar-refractivity contribution is 4.91. The summed E-state index contributed by atoms with van der Waals surface area (Å²) in [4.78, 5) is 0. The molecule has 1 aromatic heterocycles. The van der Waals surface area contributed by atoms with Crippen LogP contribution in [0, 0.1) is 5.92 Å².